The Morgan fingerprint density at radius 3 is 2.50 bits per heavy atom. The van der Waals surface area contributed by atoms with Gasteiger partial charge < -0.3 is 4.74 Å². The highest BCUT2D eigenvalue weighted by Gasteiger charge is 2.15. The van der Waals surface area contributed by atoms with Gasteiger partial charge in [0.2, 0.25) is 0 Å². The second kappa shape index (κ2) is 5.53. The second-order valence-corrected chi connectivity index (χ2v) is 5.16. The highest BCUT2D eigenvalue weighted by atomic mass is 79.9. The predicted octanol–water partition coefficient (Wildman–Crippen LogP) is 4.57. The smallest absolute Gasteiger partial charge is 0.120 e. The van der Waals surface area contributed by atoms with Crippen LogP contribution in [-0.2, 0) is 0 Å². The number of benzene rings is 1. The lowest BCUT2D eigenvalue weighted by Crippen LogP contribution is -2.19. The topological polar surface area (TPSA) is 9.23 Å². The molecule has 1 nitrogen and oxygen atoms in total. The van der Waals surface area contributed by atoms with Gasteiger partial charge in [-0.2, -0.15) is 0 Å². The molecule has 1 aliphatic carbocycles. The van der Waals surface area contributed by atoms with Gasteiger partial charge in [0.15, 0.2) is 0 Å². The molecule has 1 aromatic rings. The summed E-state index contributed by atoms with van der Waals surface area (Å²) in [6.07, 6.45) is 8.37. The van der Waals surface area contributed by atoms with Crippen LogP contribution in [-0.4, -0.2) is 6.10 Å². The Bertz CT molecular complexity index is 356. The van der Waals surface area contributed by atoms with Gasteiger partial charge in [-0.25, -0.2) is 0 Å². The largest absolute Gasteiger partial charge is 0.486 e. The van der Waals surface area contributed by atoms with Crippen molar-refractivity contribution in [1.29, 1.82) is 0 Å². The third-order valence-corrected chi connectivity index (χ3v) is 3.57. The van der Waals surface area contributed by atoms with Crippen LogP contribution in [0.25, 0.3) is 0 Å². The third-order valence-electron chi connectivity index (χ3n) is 3.05. The zero-order valence-electron chi connectivity index (χ0n) is 9.53. The molecule has 0 amide bonds. The van der Waals surface area contributed by atoms with E-state index >= 15 is 0 Å². The van der Waals surface area contributed by atoms with E-state index in [1.165, 1.54) is 12.8 Å². The molecule has 86 valence electrons. The third kappa shape index (κ3) is 3.11. The summed E-state index contributed by atoms with van der Waals surface area (Å²) in [4.78, 5) is 0. The summed E-state index contributed by atoms with van der Waals surface area (Å²) < 4.78 is 6.98. The lowest BCUT2D eigenvalue weighted by molar-refractivity contribution is 0.218. The lowest BCUT2D eigenvalue weighted by Gasteiger charge is -2.22. The van der Waals surface area contributed by atoms with E-state index in [4.69, 9.17) is 4.74 Å². The first-order valence-corrected chi connectivity index (χ1v) is 6.68. The maximum absolute atomic E-state index is 5.90. The molecule has 0 fully saturated rings. The monoisotopic (exact) mass is 280 g/mol. The summed E-state index contributed by atoms with van der Waals surface area (Å²) in [5.41, 5.74) is 0. The zero-order chi connectivity index (χ0) is 11.4. The zero-order valence-corrected chi connectivity index (χ0v) is 11.1. The molecule has 2 atom stereocenters. The average molecular weight is 281 g/mol. The normalized spacial score (nSPS) is 24.4. The summed E-state index contributed by atoms with van der Waals surface area (Å²) in [6, 6.07) is 8.03. The van der Waals surface area contributed by atoms with Gasteiger partial charge in [0.05, 0.1) is 0 Å². The number of ether oxygens (including phenoxy) is 1. The molecular formula is C14H17BrO. The number of hydrogen-bond donors (Lipinski definition) is 0. The van der Waals surface area contributed by atoms with Gasteiger partial charge in [0.25, 0.3) is 0 Å². The van der Waals surface area contributed by atoms with Crippen LogP contribution >= 0.6 is 15.9 Å². The maximum Gasteiger partial charge on any atom is 0.120 e. The molecule has 0 aliphatic heterocycles. The summed E-state index contributed by atoms with van der Waals surface area (Å²) in [5.74, 6) is 1.71. The summed E-state index contributed by atoms with van der Waals surface area (Å²) in [6.45, 7) is 2.24. The minimum Gasteiger partial charge on any atom is -0.486 e. The van der Waals surface area contributed by atoms with Crippen LogP contribution < -0.4 is 4.74 Å². The minimum atomic E-state index is 0.254. The first kappa shape index (κ1) is 11.7. The van der Waals surface area contributed by atoms with Crippen LogP contribution in [0.2, 0.25) is 0 Å². The van der Waals surface area contributed by atoms with Crippen LogP contribution in [0, 0.1) is 5.92 Å². The van der Waals surface area contributed by atoms with Crippen molar-refractivity contribution in [2.24, 2.45) is 5.92 Å². The molecule has 0 aromatic heterocycles. The molecular weight excluding hydrogens is 264 g/mol. The number of allylic oxidation sites excluding steroid dienone is 1. The van der Waals surface area contributed by atoms with Gasteiger partial charge in [-0.15, -0.1) is 0 Å². The Morgan fingerprint density at radius 1 is 1.19 bits per heavy atom. The van der Waals surface area contributed by atoms with Gasteiger partial charge in [-0.1, -0.05) is 28.9 Å². The Balaban J connectivity index is 1.93. The number of rotatable bonds is 3. The Hall–Kier alpha value is -0.760. The van der Waals surface area contributed by atoms with Crippen molar-refractivity contribution < 1.29 is 4.74 Å². The van der Waals surface area contributed by atoms with Crippen LogP contribution in [0.4, 0.5) is 0 Å². The van der Waals surface area contributed by atoms with Gasteiger partial charge in [-0.3, -0.25) is 0 Å². The second-order valence-electron chi connectivity index (χ2n) is 4.24. The molecule has 1 aliphatic rings. The quantitative estimate of drug-likeness (QED) is 0.737. The lowest BCUT2D eigenvalue weighted by atomic mass is 9.92. The molecule has 2 rings (SSSR count). The van der Waals surface area contributed by atoms with Crippen LogP contribution in [0.1, 0.15) is 26.2 Å². The molecule has 0 N–H and O–H groups in total. The van der Waals surface area contributed by atoms with Gasteiger partial charge in [0.1, 0.15) is 11.9 Å². The predicted molar refractivity (Wildman–Crippen MR) is 70.7 cm³/mol. The Morgan fingerprint density at radius 2 is 1.94 bits per heavy atom. The standard InChI is InChI=1S/C14H17BrO/c1-2-11-3-7-13(8-4-11)16-14-9-5-12(15)6-10-14/h3,5-7,9-11,13H,2,4,8H2,1H3. The minimum absolute atomic E-state index is 0.254. The van der Waals surface area contributed by atoms with Crippen LogP contribution in [0.15, 0.2) is 40.9 Å². The van der Waals surface area contributed by atoms with E-state index in [1.54, 1.807) is 0 Å². The molecule has 0 saturated carbocycles. The van der Waals surface area contributed by atoms with Gasteiger partial charge in [0, 0.05) is 4.47 Å². The molecule has 2 unspecified atom stereocenters. The van der Waals surface area contributed by atoms with Gasteiger partial charge in [-0.05, 0) is 55.5 Å². The van der Waals surface area contributed by atoms with Crippen molar-refractivity contribution in [3.8, 4) is 5.75 Å². The highest BCUT2D eigenvalue weighted by Crippen LogP contribution is 2.24. The van der Waals surface area contributed by atoms with Crippen molar-refractivity contribution in [2.75, 3.05) is 0 Å². The van der Waals surface area contributed by atoms with Gasteiger partial charge >= 0.3 is 0 Å². The fourth-order valence-electron chi connectivity index (χ4n) is 1.98. The molecule has 0 radical (unpaired) electrons. The van der Waals surface area contributed by atoms with E-state index < -0.39 is 0 Å². The van der Waals surface area contributed by atoms with E-state index in [2.05, 4.69) is 35.0 Å². The average Bonchev–Trinajstić information content (AvgIpc) is 2.33. The molecule has 0 bridgehead atoms. The molecule has 0 heterocycles. The van der Waals surface area contributed by atoms with Crippen molar-refractivity contribution >= 4 is 15.9 Å². The van der Waals surface area contributed by atoms with E-state index in [0.717, 1.165) is 22.6 Å². The maximum atomic E-state index is 5.90. The fraction of sp³-hybridized carbons (Fsp3) is 0.429. The van der Waals surface area contributed by atoms with E-state index in [1.807, 2.05) is 24.3 Å². The SMILES string of the molecule is CCC1C=CC(Oc2ccc(Br)cc2)CC1. The van der Waals surface area contributed by atoms with Crippen LogP contribution in [0.5, 0.6) is 5.75 Å². The Labute approximate surface area is 106 Å². The molecule has 0 saturated heterocycles. The molecule has 0 spiro atoms. The molecule has 1 aromatic carbocycles. The number of hydrogen-bond acceptors (Lipinski definition) is 1. The first-order chi connectivity index (χ1) is 7.78. The van der Waals surface area contributed by atoms with Crippen molar-refractivity contribution in [3.05, 3.63) is 40.9 Å². The summed E-state index contributed by atoms with van der Waals surface area (Å²) >= 11 is 3.42. The molecule has 16 heavy (non-hydrogen) atoms. The van der Waals surface area contributed by atoms with E-state index in [0.29, 0.717) is 0 Å². The van der Waals surface area contributed by atoms with Crippen LogP contribution in [0.3, 0.4) is 0 Å². The first-order valence-electron chi connectivity index (χ1n) is 5.88. The van der Waals surface area contributed by atoms with E-state index in [9.17, 15) is 0 Å². The number of halogens is 1. The highest BCUT2D eigenvalue weighted by molar-refractivity contribution is 9.10. The van der Waals surface area contributed by atoms with E-state index in [-0.39, 0.29) is 6.10 Å². The van der Waals surface area contributed by atoms with Crippen molar-refractivity contribution in [1.82, 2.24) is 0 Å². The Kier molecular flexibility index (Phi) is 4.05. The molecule has 2 heteroatoms. The summed E-state index contributed by atoms with van der Waals surface area (Å²) in [7, 11) is 0. The fourth-order valence-corrected chi connectivity index (χ4v) is 2.24. The van der Waals surface area contributed by atoms with Crippen molar-refractivity contribution in [2.45, 2.75) is 32.3 Å². The van der Waals surface area contributed by atoms with Crippen molar-refractivity contribution in [3.63, 3.8) is 0 Å². The summed E-state index contributed by atoms with van der Waals surface area (Å²) in [5, 5.41) is 0.